The highest BCUT2D eigenvalue weighted by atomic mass is 35.5. The molecule has 4 heteroatoms. The highest BCUT2D eigenvalue weighted by Gasteiger charge is 2.20. The van der Waals surface area contributed by atoms with Crippen LogP contribution < -0.4 is 5.73 Å². The Morgan fingerprint density at radius 1 is 1.05 bits per heavy atom. The van der Waals surface area contributed by atoms with E-state index < -0.39 is 0 Å². The van der Waals surface area contributed by atoms with Crippen molar-refractivity contribution in [3.63, 3.8) is 0 Å². The summed E-state index contributed by atoms with van der Waals surface area (Å²) in [6, 6.07) is 18.4. The van der Waals surface area contributed by atoms with Gasteiger partial charge < -0.3 is 5.73 Å². The molecule has 0 spiro atoms. The van der Waals surface area contributed by atoms with Gasteiger partial charge in [0.1, 0.15) is 5.01 Å². The van der Waals surface area contributed by atoms with E-state index in [4.69, 9.17) is 22.3 Å². The molecule has 1 atom stereocenters. The Hall–Kier alpha value is -1.68. The molecule has 1 aromatic heterocycles. The zero-order valence-corrected chi connectivity index (χ0v) is 13.6. The van der Waals surface area contributed by atoms with Crippen LogP contribution in [0.1, 0.15) is 27.7 Å². The smallest absolute Gasteiger partial charge is 0.105 e. The summed E-state index contributed by atoms with van der Waals surface area (Å²) in [5.41, 5.74) is 9.08. The van der Waals surface area contributed by atoms with Crippen molar-refractivity contribution in [3.05, 3.63) is 86.8 Å². The Morgan fingerprint density at radius 3 is 2.55 bits per heavy atom. The van der Waals surface area contributed by atoms with Crippen LogP contribution in [0.15, 0.2) is 60.0 Å². The van der Waals surface area contributed by atoms with E-state index in [0.29, 0.717) is 6.54 Å². The summed E-state index contributed by atoms with van der Waals surface area (Å²) in [6.07, 6.45) is 0.813. The summed E-state index contributed by atoms with van der Waals surface area (Å²) in [4.78, 5) is 4.78. The first kappa shape index (κ1) is 15.2. The molecule has 112 valence electrons. The lowest BCUT2D eigenvalue weighted by Crippen LogP contribution is -2.05. The Kier molecular flexibility index (Phi) is 4.88. The largest absolute Gasteiger partial charge is 0.330 e. The maximum Gasteiger partial charge on any atom is 0.105 e. The first-order chi connectivity index (χ1) is 10.8. The van der Waals surface area contributed by atoms with E-state index in [9.17, 15) is 0 Å². The minimum atomic E-state index is 0.108. The van der Waals surface area contributed by atoms with Gasteiger partial charge in [-0.3, -0.25) is 0 Å². The fourth-order valence-corrected chi connectivity index (χ4v) is 3.73. The Bertz CT molecular complexity index is 740. The second kappa shape index (κ2) is 7.05. The summed E-state index contributed by atoms with van der Waals surface area (Å²) in [7, 11) is 0. The topological polar surface area (TPSA) is 38.9 Å². The average molecular weight is 329 g/mol. The van der Waals surface area contributed by atoms with E-state index in [1.807, 2.05) is 24.3 Å². The minimum absolute atomic E-state index is 0.108. The third-order valence-corrected chi connectivity index (χ3v) is 4.73. The molecule has 3 rings (SSSR count). The van der Waals surface area contributed by atoms with E-state index in [1.54, 1.807) is 11.3 Å². The van der Waals surface area contributed by atoms with Crippen molar-refractivity contribution in [2.75, 3.05) is 6.54 Å². The molecule has 0 aliphatic rings. The molecule has 1 unspecified atom stereocenters. The summed E-state index contributed by atoms with van der Waals surface area (Å²) in [5.74, 6) is 0.108. The number of halogens is 1. The number of hydrogen-bond donors (Lipinski definition) is 1. The predicted octanol–water partition coefficient (Wildman–Crippen LogP) is 4.48. The van der Waals surface area contributed by atoms with Crippen LogP contribution in [0.25, 0.3) is 0 Å². The van der Waals surface area contributed by atoms with Crippen LogP contribution in [0.2, 0.25) is 5.02 Å². The second-order valence-electron chi connectivity index (χ2n) is 5.11. The van der Waals surface area contributed by atoms with Gasteiger partial charge in [-0.05, 0) is 29.8 Å². The molecule has 0 aliphatic carbocycles. The van der Waals surface area contributed by atoms with Gasteiger partial charge in [0.05, 0.1) is 11.6 Å². The van der Waals surface area contributed by atoms with Crippen LogP contribution in [-0.4, -0.2) is 11.5 Å². The molecule has 0 aliphatic heterocycles. The summed E-state index contributed by atoms with van der Waals surface area (Å²) < 4.78 is 0. The highest BCUT2D eigenvalue weighted by Crippen LogP contribution is 2.34. The Labute approximate surface area is 139 Å². The number of benzene rings is 2. The van der Waals surface area contributed by atoms with Crippen molar-refractivity contribution in [1.82, 2.24) is 4.98 Å². The van der Waals surface area contributed by atoms with Crippen molar-refractivity contribution < 1.29 is 0 Å². The van der Waals surface area contributed by atoms with Gasteiger partial charge in [0, 0.05) is 16.8 Å². The van der Waals surface area contributed by atoms with Gasteiger partial charge in [0.15, 0.2) is 0 Å². The first-order valence-electron chi connectivity index (χ1n) is 7.22. The highest BCUT2D eigenvalue weighted by molar-refractivity contribution is 7.09. The number of thiazole rings is 1. The lowest BCUT2D eigenvalue weighted by molar-refractivity contribution is 0.893. The molecule has 0 saturated carbocycles. The molecule has 0 radical (unpaired) electrons. The van der Waals surface area contributed by atoms with E-state index in [-0.39, 0.29) is 5.92 Å². The number of rotatable bonds is 5. The van der Waals surface area contributed by atoms with E-state index in [0.717, 1.165) is 27.7 Å². The number of hydrogen-bond acceptors (Lipinski definition) is 3. The van der Waals surface area contributed by atoms with Gasteiger partial charge in [-0.1, -0.05) is 54.1 Å². The molecular weight excluding hydrogens is 312 g/mol. The fraction of sp³-hybridized carbons (Fsp3) is 0.167. The molecule has 2 aromatic carbocycles. The lowest BCUT2D eigenvalue weighted by Gasteiger charge is -2.16. The van der Waals surface area contributed by atoms with Crippen molar-refractivity contribution in [2.45, 2.75) is 12.3 Å². The summed E-state index contributed by atoms with van der Waals surface area (Å²) in [6.45, 7) is 0.621. The number of aromatic nitrogens is 1. The SMILES string of the molecule is NCCc1csc(C(c2ccccc2)c2cccc(Cl)c2)n1. The molecule has 0 fully saturated rings. The summed E-state index contributed by atoms with van der Waals surface area (Å²) >= 11 is 7.87. The third-order valence-electron chi connectivity index (χ3n) is 3.53. The molecule has 1 heterocycles. The summed E-state index contributed by atoms with van der Waals surface area (Å²) in [5, 5.41) is 3.93. The molecule has 0 saturated heterocycles. The van der Waals surface area contributed by atoms with Crippen molar-refractivity contribution in [3.8, 4) is 0 Å². The predicted molar refractivity (Wildman–Crippen MR) is 93.7 cm³/mol. The molecule has 2 N–H and O–H groups in total. The third kappa shape index (κ3) is 3.38. The number of nitrogens with zero attached hydrogens (tertiary/aromatic N) is 1. The normalized spacial score (nSPS) is 12.3. The quantitative estimate of drug-likeness (QED) is 0.750. The average Bonchev–Trinajstić information content (AvgIpc) is 2.97. The fourth-order valence-electron chi connectivity index (χ4n) is 2.53. The van der Waals surface area contributed by atoms with Crippen LogP contribution in [0.5, 0.6) is 0 Å². The standard InChI is InChI=1S/C18H17ClN2S/c19-15-8-4-7-14(11-15)17(13-5-2-1-3-6-13)18-21-16(9-10-20)12-22-18/h1-8,11-12,17H,9-10,20H2. The van der Waals surface area contributed by atoms with Gasteiger partial charge in [-0.2, -0.15) is 0 Å². The van der Waals surface area contributed by atoms with Crippen molar-refractivity contribution in [1.29, 1.82) is 0 Å². The molecule has 0 bridgehead atoms. The number of nitrogens with two attached hydrogens (primary N) is 1. The van der Waals surface area contributed by atoms with Crippen LogP contribution in [0.4, 0.5) is 0 Å². The maximum absolute atomic E-state index is 6.19. The van der Waals surface area contributed by atoms with Gasteiger partial charge in [0.2, 0.25) is 0 Å². The van der Waals surface area contributed by atoms with E-state index in [1.165, 1.54) is 5.56 Å². The van der Waals surface area contributed by atoms with Gasteiger partial charge in [-0.15, -0.1) is 11.3 Å². The van der Waals surface area contributed by atoms with Gasteiger partial charge in [0.25, 0.3) is 0 Å². The Balaban J connectivity index is 2.06. The minimum Gasteiger partial charge on any atom is -0.330 e. The maximum atomic E-state index is 6.19. The molecule has 3 aromatic rings. The second-order valence-corrected chi connectivity index (χ2v) is 6.44. The van der Waals surface area contributed by atoms with Crippen LogP contribution in [0, 0.1) is 0 Å². The molecular formula is C18H17ClN2S. The Morgan fingerprint density at radius 2 is 1.82 bits per heavy atom. The lowest BCUT2D eigenvalue weighted by atomic mass is 9.92. The van der Waals surface area contributed by atoms with Crippen molar-refractivity contribution >= 4 is 22.9 Å². The van der Waals surface area contributed by atoms with Crippen LogP contribution in [0.3, 0.4) is 0 Å². The van der Waals surface area contributed by atoms with Crippen LogP contribution in [-0.2, 0) is 6.42 Å². The zero-order valence-electron chi connectivity index (χ0n) is 12.1. The van der Waals surface area contributed by atoms with Crippen LogP contribution >= 0.6 is 22.9 Å². The molecule has 2 nitrogen and oxygen atoms in total. The van der Waals surface area contributed by atoms with E-state index >= 15 is 0 Å². The molecule has 22 heavy (non-hydrogen) atoms. The van der Waals surface area contributed by atoms with Gasteiger partial charge >= 0.3 is 0 Å². The monoisotopic (exact) mass is 328 g/mol. The van der Waals surface area contributed by atoms with E-state index in [2.05, 4.69) is 35.7 Å². The van der Waals surface area contributed by atoms with Gasteiger partial charge in [-0.25, -0.2) is 4.98 Å². The molecule has 0 amide bonds. The first-order valence-corrected chi connectivity index (χ1v) is 8.48. The van der Waals surface area contributed by atoms with Crippen molar-refractivity contribution in [2.24, 2.45) is 5.73 Å². The zero-order chi connectivity index (χ0) is 15.4.